The Morgan fingerprint density at radius 3 is 2.58 bits per heavy atom. The first-order valence-corrected chi connectivity index (χ1v) is 9.74. The normalized spacial score (nSPS) is 19.6. The number of nitrogens with zero attached hydrogens (tertiary/aromatic N) is 2. The molecule has 2 aromatic heterocycles. The van der Waals surface area contributed by atoms with Crippen molar-refractivity contribution in [1.82, 2.24) is 9.88 Å². The zero-order chi connectivity index (χ0) is 21.4. The molecule has 8 nitrogen and oxygen atoms in total. The van der Waals surface area contributed by atoms with Crippen LogP contribution >= 0.6 is 0 Å². The van der Waals surface area contributed by atoms with Crippen molar-refractivity contribution in [2.75, 3.05) is 13.2 Å². The lowest BCUT2D eigenvalue weighted by atomic mass is 9.99. The summed E-state index contributed by atoms with van der Waals surface area (Å²) in [5.74, 6) is -0.374. The van der Waals surface area contributed by atoms with Gasteiger partial charge in [0.1, 0.15) is 30.8 Å². The van der Waals surface area contributed by atoms with Gasteiger partial charge in [0.15, 0.2) is 11.5 Å². The number of hydrogen-bond donors (Lipinski definition) is 1. The molecule has 0 saturated carbocycles. The van der Waals surface area contributed by atoms with Gasteiger partial charge in [-0.05, 0) is 48.0 Å². The van der Waals surface area contributed by atoms with Crippen molar-refractivity contribution >= 4 is 17.4 Å². The number of aromatic nitrogens is 1. The predicted molar refractivity (Wildman–Crippen MR) is 108 cm³/mol. The van der Waals surface area contributed by atoms with Crippen molar-refractivity contribution in [1.29, 1.82) is 0 Å². The third kappa shape index (κ3) is 3.31. The molecule has 1 amide bonds. The molecule has 1 aromatic carbocycles. The van der Waals surface area contributed by atoms with Crippen LogP contribution in [0.25, 0.3) is 5.76 Å². The predicted octanol–water partition coefficient (Wildman–Crippen LogP) is 3.07. The van der Waals surface area contributed by atoms with Gasteiger partial charge in [-0.15, -0.1) is 0 Å². The number of rotatable bonds is 4. The van der Waals surface area contributed by atoms with Gasteiger partial charge in [0.25, 0.3) is 11.7 Å². The number of carbonyl (C=O) groups excluding carboxylic acids is 2. The van der Waals surface area contributed by atoms with Crippen molar-refractivity contribution < 1.29 is 28.6 Å². The zero-order valence-electron chi connectivity index (χ0n) is 16.4. The summed E-state index contributed by atoms with van der Waals surface area (Å²) in [6.45, 7) is 0.993. The summed E-state index contributed by atoms with van der Waals surface area (Å²) in [7, 11) is 0. The molecule has 2 aliphatic rings. The lowest BCUT2D eigenvalue weighted by Gasteiger charge is -2.23. The van der Waals surface area contributed by atoms with E-state index in [2.05, 4.69) is 4.98 Å². The number of furan rings is 1. The molecule has 1 fully saturated rings. The summed E-state index contributed by atoms with van der Waals surface area (Å²) in [5, 5.41) is 11.1. The van der Waals surface area contributed by atoms with Gasteiger partial charge in [-0.2, -0.15) is 0 Å². The molecular weight excluding hydrogens is 400 g/mol. The number of pyridine rings is 1. The van der Waals surface area contributed by atoms with Crippen molar-refractivity contribution in [2.45, 2.75) is 12.6 Å². The van der Waals surface area contributed by atoms with Crippen LogP contribution in [-0.2, 0) is 16.1 Å². The molecule has 4 heterocycles. The average Bonchev–Trinajstić information content (AvgIpc) is 3.42. The molecule has 156 valence electrons. The van der Waals surface area contributed by atoms with Gasteiger partial charge in [-0.3, -0.25) is 14.6 Å². The quantitative estimate of drug-likeness (QED) is 0.395. The Balaban J connectivity index is 1.60. The molecule has 3 aromatic rings. The number of aliphatic hydroxyl groups is 1. The molecule has 0 radical (unpaired) electrons. The van der Waals surface area contributed by atoms with Crippen LogP contribution in [0.4, 0.5) is 0 Å². The van der Waals surface area contributed by atoms with Crippen LogP contribution in [0, 0.1) is 0 Å². The maximum atomic E-state index is 13.0. The number of benzene rings is 1. The topological polar surface area (TPSA) is 102 Å². The summed E-state index contributed by atoms with van der Waals surface area (Å²) in [5.41, 5.74) is 1.11. The van der Waals surface area contributed by atoms with E-state index in [0.717, 1.165) is 5.56 Å². The monoisotopic (exact) mass is 418 g/mol. The summed E-state index contributed by atoms with van der Waals surface area (Å²) >= 11 is 0. The van der Waals surface area contributed by atoms with Gasteiger partial charge >= 0.3 is 0 Å². The van der Waals surface area contributed by atoms with Gasteiger partial charge < -0.3 is 23.9 Å². The molecule has 0 unspecified atom stereocenters. The van der Waals surface area contributed by atoms with E-state index >= 15 is 0 Å². The first-order valence-electron chi connectivity index (χ1n) is 9.74. The Morgan fingerprint density at radius 1 is 1.06 bits per heavy atom. The standard InChI is InChI=1S/C23H18N2O6/c26-21(15-3-4-16-18(12-15)31-11-10-30-16)19-20(17-2-1-9-29-17)25(23(28)22(19)27)13-14-5-7-24-8-6-14/h1-9,12,20,26H,10-11,13H2/t20-/m0/s1. The van der Waals surface area contributed by atoms with Gasteiger partial charge in [-0.1, -0.05) is 0 Å². The second-order valence-electron chi connectivity index (χ2n) is 7.16. The molecule has 31 heavy (non-hydrogen) atoms. The number of hydrogen-bond acceptors (Lipinski definition) is 7. The molecule has 8 heteroatoms. The van der Waals surface area contributed by atoms with E-state index in [9.17, 15) is 14.7 Å². The average molecular weight is 418 g/mol. The van der Waals surface area contributed by atoms with Crippen LogP contribution in [0.2, 0.25) is 0 Å². The Bertz CT molecular complexity index is 1170. The summed E-state index contributed by atoms with van der Waals surface area (Å²) in [4.78, 5) is 31.3. The molecule has 0 aliphatic carbocycles. The van der Waals surface area contributed by atoms with Gasteiger partial charge in [0, 0.05) is 24.5 Å². The van der Waals surface area contributed by atoms with Crippen molar-refractivity contribution in [3.63, 3.8) is 0 Å². The number of ether oxygens (including phenoxy) is 2. The molecule has 2 aliphatic heterocycles. The van der Waals surface area contributed by atoms with E-state index in [1.54, 1.807) is 54.9 Å². The highest BCUT2D eigenvalue weighted by atomic mass is 16.6. The first kappa shape index (κ1) is 18.9. The number of likely N-dealkylation sites (tertiary alicyclic amines) is 1. The van der Waals surface area contributed by atoms with E-state index in [1.807, 2.05) is 0 Å². The second kappa shape index (κ2) is 7.64. The molecule has 1 atom stereocenters. The lowest BCUT2D eigenvalue weighted by Crippen LogP contribution is -2.29. The van der Waals surface area contributed by atoms with E-state index in [1.165, 1.54) is 11.2 Å². The minimum Gasteiger partial charge on any atom is -0.507 e. The van der Waals surface area contributed by atoms with E-state index in [4.69, 9.17) is 13.9 Å². The SMILES string of the molecule is O=C1C(=O)N(Cc2ccncc2)[C@@H](c2ccco2)C1=C(O)c1ccc2c(c1)OCCO2. The van der Waals surface area contributed by atoms with Gasteiger partial charge in [-0.25, -0.2) is 0 Å². The number of amides is 1. The Kier molecular flexibility index (Phi) is 4.66. The second-order valence-corrected chi connectivity index (χ2v) is 7.16. The lowest BCUT2D eigenvalue weighted by molar-refractivity contribution is -0.140. The zero-order valence-corrected chi connectivity index (χ0v) is 16.4. The fourth-order valence-corrected chi connectivity index (χ4v) is 3.82. The van der Waals surface area contributed by atoms with E-state index < -0.39 is 17.7 Å². The number of aliphatic hydroxyl groups excluding tert-OH is 1. The van der Waals surface area contributed by atoms with Crippen molar-refractivity contribution in [3.05, 3.63) is 83.6 Å². The number of Topliss-reactive ketones (excluding diaryl/α,β-unsaturated/α-hetero) is 1. The maximum absolute atomic E-state index is 13.0. The van der Waals surface area contributed by atoms with E-state index in [-0.39, 0.29) is 17.9 Å². The molecule has 5 rings (SSSR count). The Hall–Kier alpha value is -4.07. The third-order valence-corrected chi connectivity index (χ3v) is 5.27. The Labute approximate surface area is 177 Å². The molecule has 1 saturated heterocycles. The van der Waals surface area contributed by atoms with Crippen molar-refractivity contribution in [3.8, 4) is 11.5 Å². The minimum absolute atomic E-state index is 0.0364. The highest BCUT2D eigenvalue weighted by Gasteiger charge is 2.47. The van der Waals surface area contributed by atoms with Gasteiger partial charge in [0.05, 0.1) is 11.8 Å². The molecule has 0 bridgehead atoms. The largest absolute Gasteiger partial charge is 0.507 e. The summed E-state index contributed by atoms with van der Waals surface area (Å²) in [6, 6.07) is 10.9. The first-order chi connectivity index (χ1) is 15.1. The highest BCUT2D eigenvalue weighted by Crippen LogP contribution is 2.41. The van der Waals surface area contributed by atoms with Crippen molar-refractivity contribution in [2.24, 2.45) is 0 Å². The van der Waals surface area contributed by atoms with Crippen LogP contribution in [0.15, 0.2) is 71.1 Å². The molecule has 0 spiro atoms. The van der Waals surface area contributed by atoms with Crippen LogP contribution in [0.1, 0.15) is 22.9 Å². The Morgan fingerprint density at radius 2 is 1.84 bits per heavy atom. The third-order valence-electron chi connectivity index (χ3n) is 5.27. The fourth-order valence-electron chi connectivity index (χ4n) is 3.82. The minimum atomic E-state index is -0.864. The van der Waals surface area contributed by atoms with Crippen LogP contribution < -0.4 is 9.47 Å². The summed E-state index contributed by atoms with van der Waals surface area (Å²) in [6.07, 6.45) is 4.69. The maximum Gasteiger partial charge on any atom is 0.296 e. The fraction of sp³-hybridized carbons (Fsp3) is 0.174. The number of carbonyl (C=O) groups is 2. The van der Waals surface area contributed by atoms with Crippen LogP contribution in [0.5, 0.6) is 11.5 Å². The van der Waals surface area contributed by atoms with Gasteiger partial charge in [0.2, 0.25) is 0 Å². The molecular formula is C23H18N2O6. The smallest absolute Gasteiger partial charge is 0.296 e. The highest BCUT2D eigenvalue weighted by molar-refractivity contribution is 6.46. The van der Waals surface area contributed by atoms with E-state index in [0.29, 0.717) is 36.0 Å². The number of fused-ring (bicyclic) bond motifs is 1. The van der Waals surface area contributed by atoms with Crippen LogP contribution in [-0.4, -0.2) is 39.9 Å². The molecule has 1 N–H and O–H groups in total. The number of ketones is 1. The van der Waals surface area contributed by atoms with Crippen LogP contribution in [0.3, 0.4) is 0 Å². The summed E-state index contributed by atoms with van der Waals surface area (Å²) < 4.78 is 16.6.